The summed E-state index contributed by atoms with van der Waals surface area (Å²) in [5, 5.41) is 6.22. The van der Waals surface area contributed by atoms with E-state index in [0.717, 1.165) is 12.0 Å². The molecule has 0 spiro atoms. The molecule has 0 radical (unpaired) electrons. The smallest absolute Gasteiger partial charge is 0.306 e. The molecule has 152 valence electrons. The van der Waals surface area contributed by atoms with Crippen LogP contribution in [0.3, 0.4) is 0 Å². The van der Waals surface area contributed by atoms with Gasteiger partial charge < -0.3 is 15.4 Å². The summed E-state index contributed by atoms with van der Waals surface area (Å²) in [4.78, 5) is 36.4. The highest BCUT2D eigenvalue weighted by molar-refractivity contribution is 6.30. The fraction of sp³-hybridized carbons (Fsp3) is 0.476. The Hall–Kier alpha value is -2.34. The third-order valence-electron chi connectivity index (χ3n) is 4.51. The molecule has 1 aliphatic rings. The molecule has 2 N–H and O–H groups in total. The first-order valence-electron chi connectivity index (χ1n) is 9.53. The Kier molecular flexibility index (Phi) is 9.01. The van der Waals surface area contributed by atoms with Crippen LogP contribution in [0.5, 0.6) is 0 Å². The fourth-order valence-corrected chi connectivity index (χ4v) is 3.01. The number of hydrogen-bond donors (Lipinski definition) is 2. The lowest BCUT2D eigenvalue weighted by atomic mass is 9.98. The number of halogens is 1. The van der Waals surface area contributed by atoms with Gasteiger partial charge in [0.05, 0.1) is 12.5 Å². The minimum atomic E-state index is -0.465. The SMILES string of the molecule is C[C@H]1C/C=C/C[C@@H](CC(=O)NCc2ccc(Cl)cc2)C(=O)NCCOC(=O)C1. The molecule has 0 saturated carbocycles. The van der Waals surface area contributed by atoms with Gasteiger partial charge in [0.2, 0.25) is 11.8 Å². The average molecular weight is 407 g/mol. The molecule has 2 amide bonds. The van der Waals surface area contributed by atoms with E-state index in [1.807, 2.05) is 31.2 Å². The number of hydrogen-bond acceptors (Lipinski definition) is 4. The van der Waals surface area contributed by atoms with E-state index in [4.69, 9.17) is 16.3 Å². The zero-order valence-corrected chi connectivity index (χ0v) is 16.8. The molecular formula is C21H27ClN2O4. The molecule has 6 nitrogen and oxygen atoms in total. The Labute approximate surface area is 170 Å². The summed E-state index contributed by atoms with van der Waals surface area (Å²) in [6.07, 6.45) is 5.53. The van der Waals surface area contributed by atoms with Crippen LogP contribution in [0, 0.1) is 11.8 Å². The van der Waals surface area contributed by atoms with Gasteiger partial charge in [-0.2, -0.15) is 0 Å². The Morgan fingerprint density at radius 1 is 1.21 bits per heavy atom. The molecule has 0 aromatic heterocycles. The Balaban J connectivity index is 1.90. The van der Waals surface area contributed by atoms with E-state index in [1.165, 1.54) is 0 Å². The quantitative estimate of drug-likeness (QED) is 0.594. The van der Waals surface area contributed by atoms with Gasteiger partial charge >= 0.3 is 5.97 Å². The number of ether oxygens (including phenoxy) is 1. The van der Waals surface area contributed by atoms with Crippen molar-refractivity contribution in [2.24, 2.45) is 11.8 Å². The van der Waals surface area contributed by atoms with Crippen molar-refractivity contribution in [3.05, 3.63) is 47.0 Å². The maximum Gasteiger partial charge on any atom is 0.306 e. The standard InChI is InChI=1S/C21H27ClN2O4/c1-15-4-2-3-5-17(21(27)23-10-11-28-20(26)12-15)13-19(25)24-14-16-6-8-18(22)9-7-16/h2-3,6-9,15,17H,4-5,10-14H2,1H3,(H,23,27)(H,24,25)/b3-2+/t15-,17-/m0/s1. The highest BCUT2D eigenvalue weighted by atomic mass is 35.5. The molecule has 0 bridgehead atoms. The van der Waals surface area contributed by atoms with Crippen molar-refractivity contribution < 1.29 is 19.1 Å². The predicted octanol–water partition coefficient (Wildman–Crippen LogP) is 3.00. The Morgan fingerprint density at radius 2 is 1.93 bits per heavy atom. The molecule has 1 aromatic rings. The van der Waals surface area contributed by atoms with Crippen LogP contribution in [-0.2, 0) is 25.7 Å². The van der Waals surface area contributed by atoms with Gasteiger partial charge in [-0.25, -0.2) is 0 Å². The zero-order chi connectivity index (χ0) is 20.4. The molecule has 28 heavy (non-hydrogen) atoms. The van der Waals surface area contributed by atoms with Gasteiger partial charge in [-0.05, 0) is 36.5 Å². The van der Waals surface area contributed by atoms with Crippen molar-refractivity contribution in [3.63, 3.8) is 0 Å². The van der Waals surface area contributed by atoms with Crippen molar-refractivity contribution in [2.75, 3.05) is 13.2 Å². The lowest BCUT2D eigenvalue weighted by Gasteiger charge is -2.15. The number of esters is 1. The van der Waals surface area contributed by atoms with Crippen molar-refractivity contribution >= 4 is 29.4 Å². The highest BCUT2D eigenvalue weighted by Gasteiger charge is 2.21. The second-order valence-corrected chi connectivity index (χ2v) is 7.50. The van der Waals surface area contributed by atoms with Gasteiger partial charge in [-0.15, -0.1) is 0 Å². The van der Waals surface area contributed by atoms with Crippen LogP contribution in [0.1, 0.15) is 38.2 Å². The summed E-state index contributed by atoms with van der Waals surface area (Å²) in [6.45, 7) is 2.75. The number of carbonyl (C=O) groups excluding carboxylic acids is 3. The third kappa shape index (κ3) is 8.13. The lowest BCUT2D eigenvalue weighted by molar-refractivity contribution is -0.145. The van der Waals surface area contributed by atoms with E-state index in [0.29, 0.717) is 24.4 Å². The van der Waals surface area contributed by atoms with Gasteiger partial charge in [0.25, 0.3) is 0 Å². The fourth-order valence-electron chi connectivity index (χ4n) is 2.88. The van der Waals surface area contributed by atoms with Crippen LogP contribution in [0.15, 0.2) is 36.4 Å². The van der Waals surface area contributed by atoms with Crippen molar-refractivity contribution in [1.29, 1.82) is 0 Å². The second-order valence-electron chi connectivity index (χ2n) is 7.07. The van der Waals surface area contributed by atoms with E-state index in [1.54, 1.807) is 12.1 Å². The third-order valence-corrected chi connectivity index (χ3v) is 4.76. The number of cyclic esters (lactones) is 1. The van der Waals surface area contributed by atoms with Crippen molar-refractivity contribution in [2.45, 2.75) is 39.2 Å². The maximum atomic E-state index is 12.4. The first-order chi connectivity index (χ1) is 13.4. The topological polar surface area (TPSA) is 84.5 Å². The normalized spacial score (nSPS) is 22.6. The summed E-state index contributed by atoms with van der Waals surface area (Å²) < 4.78 is 5.12. The van der Waals surface area contributed by atoms with Crippen LogP contribution in [0.2, 0.25) is 5.02 Å². The van der Waals surface area contributed by atoms with Crippen molar-refractivity contribution in [1.82, 2.24) is 10.6 Å². The Bertz CT molecular complexity index is 703. The summed E-state index contributed by atoms with van der Waals surface area (Å²) >= 11 is 5.86. The second kappa shape index (κ2) is 11.5. The first kappa shape index (κ1) is 22.0. The molecule has 0 unspecified atom stereocenters. The molecule has 2 atom stereocenters. The van der Waals surface area contributed by atoms with E-state index >= 15 is 0 Å². The van der Waals surface area contributed by atoms with E-state index in [9.17, 15) is 14.4 Å². The average Bonchev–Trinajstić information content (AvgIpc) is 2.67. The Morgan fingerprint density at radius 3 is 2.68 bits per heavy atom. The minimum absolute atomic E-state index is 0.0963. The van der Waals surface area contributed by atoms with Crippen LogP contribution >= 0.6 is 11.6 Å². The van der Waals surface area contributed by atoms with E-state index in [-0.39, 0.29) is 43.3 Å². The largest absolute Gasteiger partial charge is 0.464 e. The lowest BCUT2D eigenvalue weighted by Crippen LogP contribution is -2.36. The van der Waals surface area contributed by atoms with Gasteiger partial charge in [-0.1, -0.05) is 42.8 Å². The van der Waals surface area contributed by atoms with Gasteiger partial charge in [-0.3, -0.25) is 14.4 Å². The van der Waals surface area contributed by atoms with Crippen LogP contribution in [0.4, 0.5) is 0 Å². The monoisotopic (exact) mass is 406 g/mol. The van der Waals surface area contributed by atoms with Gasteiger partial charge in [0, 0.05) is 24.4 Å². The molecule has 2 rings (SSSR count). The first-order valence-corrected chi connectivity index (χ1v) is 9.91. The van der Waals surface area contributed by atoms with Crippen LogP contribution < -0.4 is 10.6 Å². The zero-order valence-electron chi connectivity index (χ0n) is 16.1. The van der Waals surface area contributed by atoms with E-state index < -0.39 is 5.92 Å². The van der Waals surface area contributed by atoms with Crippen LogP contribution in [-0.4, -0.2) is 30.9 Å². The number of rotatable bonds is 4. The number of allylic oxidation sites excluding steroid dienone is 2. The van der Waals surface area contributed by atoms with Gasteiger partial charge in [0.1, 0.15) is 6.61 Å². The number of benzene rings is 1. The molecule has 0 fully saturated rings. The maximum absolute atomic E-state index is 12.4. The van der Waals surface area contributed by atoms with E-state index in [2.05, 4.69) is 10.6 Å². The number of nitrogens with one attached hydrogen (secondary N) is 2. The molecule has 1 heterocycles. The van der Waals surface area contributed by atoms with Crippen LogP contribution in [0.25, 0.3) is 0 Å². The highest BCUT2D eigenvalue weighted by Crippen LogP contribution is 2.15. The van der Waals surface area contributed by atoms with Gasteiger partial charge in [0.15, 0.2) is 0 Å². The number of amides is 2. The molecule has 1 aromatic carbocycles. The number of carbonyl (C=O) groups is 3. The summed E-state index contributed by atoms with van der Waals surface area (Å²) in [7, 11) is 0. The summed E-state index contributed by atoms with van der Waals surface area (Å²) in [6, 6.07) is 7.23. The minimum Gasteiger partial charge on any atom is -0.464 e. The summed E-state index contributed by atoms with van der Waals surface area (Å²) in [5.74, 6) is -0.947. The predicted molar refractivity (Wildman–Crippen MR) is 108 cm³/mol. The molecule has 1 aliphatic heterocycles. The molecule has 0 saturated heterocycles. The molecule has 7 heteroatoms. The molecule has 0 aliphatic carbocycles. The molecular weight excluding hydrogens is 380 g/mol. The summed E-state index contributed by atoms with van der Waals surface area (Å²) in [5.41, 5.74) is 0.938. The van der Waals surface area contributed by atoms with Crippen molar-refractivity contribution in [3.8, 4) is 0 Å².